The zero-order valence-corrected chi connectivity index (χ0v) is 27.0. The molecule has 0 radical (unpaired) electrons. The molecule has 2 aliphatic heterocycles. The fraction of sp³-hybridized carbons (Fsp3) is 0.429. The maximum absolute atomic E-state index is 12.8. The van der Waals surface area contributed by atoms with E-state index in [1.807, 2.05) is 31.2 Å². The van der Waals surface area contributed by atoms with E-state index in [2.05, 4.69) is 74.5 Å². The van der Waals surface area contributed by atoms with Crippen molar-refractivity contribution in [3.8, 4) is 11.4 Å². The molecule has 12 nitrogen and oxygen atoms in total. The molecule has 1 aliphatic carbocycles. The fourth-order valence-electron chi connectivity index (χ4n) is 6.34. The van der Waals surface area contributed by atoms with Crippen LogP contribution in [0.5, 0.6) is 5.75 Å². The molecule has 2 saturated heterocycles. The van der Waals surface area contributed by atoms with Crippen LogP contribution >= 0.6 is 0 Å². The van der Waals surface area contributed by atoms with E-state index >= 15 is 0 Å². The van der Waals surface area contributed by atoms with Crippen molar-refractivity contribution in [2.75, 3.05) is 49.2 Å². The number of allylic oxidation sites excluding steroid dienone is 2. The van der Waals surface area contributed by atoms with Crippen molar-refractivity contribution in [3.05, 3.63) is 102 Å². The second kappa shape index (κ2) is 13.6. The lowest BCUT2D eigenvalue weighted by Gasteiger charge is -2.37. The van der Waals surface area contributed by atoms with Crippen LogP contribution in [0.15, 0.2) is 95.8 Å². The molecule has 7 rings (SSSR count). The SMILES string of the molecule is CCC(C)n1ncn(-c2ccc(N3CCN(c4ccc(OC[C@@H]5CO[C@@](Cn6nccn6)(C6=CCCC=C6)O5)cc4)CC3)cc2)c1=O. The van der Waals surface area contributed by atoms with Gasteiger partial charge in [0.15, 0.2) is 0 Å². The van der Waals surface area contributed by atoms with Gasteiger partial charge in [0.1, 0.15) is 31.3 Å². The van der Waals surface area contributed by atoms with E-state index in [0.717, 1.165) is 68.1 Å². The number of rotatable bonds is 11. The molecule has 3 atom stereocenters. The van der Waals surface area contributed by atoms with Gasteiger partial charge >= 0.3 is 5.69 Å². The molecule has 12 heteroatoms. The van der Waals surface area contributed by atoms with Crippen molar-refractivity contribution in [1.82, 2.24) is 29.3 Å². The Morgan fingerprint density at radius 1 is 0.915 bits per heavy atom. The Hall–Kier alpha value is -4.68. The Morgan fingerprint density at radius 3 is 2.21 bits per heavy atom. The van der Waals surface area contributed by atoms with Crippen LogP contribution in [-0.2, 0) is 16.0 Å². The van der Waals surface area contributed by atoms with Gasteiger partial charge in [0.25, 0.3) is 0 Å². The van der Waals surface area contributed by atoms with Gasteiger partial charge in [-0.15, -0.1) is 0 Å². The van der Waals surface area contributed by atoms with Crippen LogP contribution in [0.4, 0.5) is 11.4 Å². The van der Waals surface area contributed by atoms with Crippen LogP contribution in [0, 0.1) is 0 Å². The van der Waals surface area contributed by atoms with Gasteiger partial charge in [0.05, 0.1) is 30.7 Å². The van der Waals surface area contributed by atoms with E-state index in [4.69, 9.17) is 14.2 Å². The minimum Gasteiger partial charge on any atom is -0.491 e. The third kappa shape index (κ3) is 6.61. The molecule has 0 bridgehead atoms. The van der Waals surface area contributed by atoms with Crippen LogP contribution in [0.1, 0.15) is 39.2 Å². The average molecular weight is 639 g/mol. The van der Waals surface area contributed by atoms with Crippen LogP contribution in [-0.4, -0.2) is 80.6 Å². The summed E-state index contributed by atoms with van der Waals surface area (Å²) in [6.07, 6.45) is 14.0. The second-order valence-electron chi connectivity index (χ2n) is 12.3. The molecular weight excluding hydrogens is 596 g/mol. The van der Waals surface area contributed by atoms with Crippen molar-refractivity contribution in [2.45, 2.75) is 57.6 Å². The second-order valence-corrected chi connectivity index (χ2v) is 12.3. The molecule has 0 amide bonds. The first kappa shape index (κ1) is 30.9. The summed E-state index contributed by atoms with van der Waals surface area (Å²) >= 11 is 0. The summed E-state index contributed by atoms with van der Waals surface area (Å²) in [6.45, 7) is 8.89. The molecule has 2 fully saturated rings. The predicted octanol–water partition coefficient (Wildman–Crippen LogP) is 4.39. The Balaban J connectivity index is 0.910. The molecule has 0 spiro atoms. The fourth-order valence-corrected chi connectivity index (χ4v) is 6.34. The topological polar surface area (TPSA) is 105 Å². The number of hydrogen-bond donors (Lipinski definition) is 0. The largest absolute Gasteiger partial charge is 0.491 e. The van der Waals surface area contributed by atoms with Crippen LogP contribution < -0.4 is 20.2 Å². The molecule has 47 heavy (non-hydrogen) atoms. The van der Waals surface area contributed by atoms with Crippen molar-refractivity contribution < 1.29 is 14.2 Å². The smallest absolute Gasteiger partial charge is 0.350 e. The third-order valence-corrected chi connectivity index (χ3v) is 9.22. The van der Waals surface area contributed by atoms with E-state index in [1.54, 1.807) is 32.8 Å². The van der Waals surface area contributed by atoms with Crippen molar-refractivity contribution in [3.63, 3.8) is 0 Å². The van der Waals surface area contributed by atoms with Gasteiger partial charge in [-0.05, 0) is 74.7 Å². The van der Waals surface area contributed by atoms with E-state index in [-0.39, 0.29) is 17.8 Å². The highest BCUT2D eigenvalue weighted by Gasteiger charge is 2.45. The number of anilines is 2. The first-order valence-electron chi connectivity index (χ1n) is 16.5. The van der Waals surface area contributed by atoms with E-state index in [0.29, 0.717) is 19.8 Å². The van der Waals surface area contributed by atoms with E-state index < -0.39 is 5.79 Å². The Morgan fingerprint density at radius 2 is 1.57 bits per heavy atom. The molecule has 4 heterocycles. The first-order valence-corrected chi connectivity index (χ1v) is 16.5. The van der Waals surface area contributed by atoms with E-state index in [1.165, 1.54) is 5.69 Å². The maximum atomic E-state index is 12.8. The summed E-state index contributed by atoms with van der Waals surface area (Å²) in [5, 5.41) is 12.8. The maximum Gasteiger partial charge on any atom is 0.350 e. The third-order valence-electron chi connectivity index (χ3n) is 9.22. The number of ether oxygens (including phenoxy) is 3. The summed E-state index contributed by atoms with van der Waals surface area (Å²) < 4.78 is 22.1. The summed E-state index contributed by atoms with van der Waals surface area (Å²) in [5.74, 6) is -0.123. The van der Waals surface area contributed by atoms with Gasteiger partial charge in [0.2, 0.25) is 5.79 Å². The minimum atomic E-state index is -0.922. The van der Waals surface area contributed by atoms with Crippen molar-refractivity contribution in [2.24, 2.45) is 0 Å². The van der Waals surface area contributed by atoms with Crippen LogP contribution in [0.2, 0.25) is 0 Å². The highest BCUT2D eigenvalue weighted by Crippen LogP contribution is 2.36. The zero-order valence-electron chi connectivity index (χ0n) is 27.0. The van der Waals surface area contributed by atoms with E-state index in [9.17, 15) is 4.79 Å². The number of nitrogens with zero attached hydrogens (tertiary/aromatic N) is 8. The highest BCUT2D eigenvalue weighted by molar-refractivity contribution is 5.54. The number of aromatic nitrogens is 6. The van der Waals surface area contributed by atoms with Gasteiger partial charge in [-0.3, -0.25) is 0 Å². The molecule has 246 valence electrons. The molecular formula is C35H42N8O4. The molecule has 3 aliphatic rings. The van der Waals surface area contributed by atoms with Gasteiger partial charge in [0, 0.05) is 43.1 Å². The molecule has 0 saturated carbocycles. The molecule has 4 aromatic rings. The number of benzene rings is 2. The number of hydrogen-bond acceptors (Lipinski definition) is 9. The summed E-state index contributed by atoms with van der Waals surface area (Å²) in [7, 11) is 0. The summed E-state index contributed by atoms with van der Waals surface area (Å²) in [5.41, 5.74) is 4.05. The molecule has 2 aromatic carbocycles. The van der Waals surface area contributed by atoms with Crippen LogP contribution in [0.25, 0.3) is 5.69 Å². The number of piperazine rings is 1. The molecule has 1 unspecified atom stereocenters. The van der Waals surface area contributed by atoms with Crippen molar-refractivity contribution in [1.29, 1.82) is 0 Å². The lowest BCUT2D eigenvalue weighted by atomic mass is 9.99. The Bertz CT molecular complexity index is 1740. The lowest BCUT2D eigenvalue weighted by Crippen LogP contribution is -2.46. The van der Waals surface area contributed by atoms with Gasteiger partial charge in [-0.1, -0.05) is 25.2 Å². The van der Waals surface area contributed by atoms with Gasteiger partial charge in [-0.25, -0.2) is 14.0 Å². The van der Waals surface area contributed by atoms with Gasteiger partial charge in [-0.2, -0.15) is 20.1 Å². The first-order chi connectivity index (χ1) is 23.0. The highest BCUT2D eigenvalue weighted by atomic mass is 16.8. The molecule has 0 N–H and O–H groups in total. The monoisotopic (exact) mass is 638 g/mol. The average Bonchev–Trinajstić information content (AvgIpc) is 3.89. The van der Waals surface area contributed by atoms with Crippen LogP contribution in [0.3, 0.4) is 0 Å². The summed E-state index contributed by atoms with van der Waals surface area (Å²) in [4.78, 5) is 19.2. The molecule has 2 aromatic heterocycles. The minimum absolute atomic E-state index is 0.0738. The van der Waals surface area contributed by atoms with Crippen molar-refractivity contribution >= 4 is 11.4 Å². The Kier molecular flexibility index (Phi) is 8.94. The van der Waals surface area contributed by atoms with Gasteiger partial charge < -0.3 is 24.0 Å². The normalized spacial score (nSPS) is 22.0. The standard InChI is InChI=1S/C35H42N8O4/c1-3-27(2)43-34(44)41(26-38-43)31-11-9-29(10-12-31)39-19-21-40(22-20-39)30-13-15-32(16-14-30)45-23-33-24-46-35(47-33,25-42-36-17-18-37-42)28-7-5-4-6-8-28/h5,7-18,26-27,33H,3-4,6,19-25H2,1-2H3/t27?,33-,35-/m1/s1. The lowest BCUT2D eigenvalue weighted by molar-refractivity contribution is -0.152. The quantitative estimate of drug-likeness (QED) is 0.237. The zero-order chi connectivity index (χ0) is 32.2. The Labute approximate surface area is 274 Å². The predicted molar refractivity (Wildman–Crippen MR) is 179 cm³/mol. The summed E-state index contributed by atoms with van der Waals surface area (Å²) in [6, 6.07) is 16.5.